The first-order valence-corrected chi connectivity index (χ1v) is 7.24. The van der Waals surface area contributed by atoms with Gasteiger partial charge in [0.25, 0.3) is 5.91 Å². The van der Waals surface area contributed by atoms with Gasteiger partial charge in [0.05, 0.1) is 11.8 Å². The Balaban J connectivity index is 1.57. The normalized spacial score (nSPS) is 26.1. The molecule has 2 aliphatic rings. The third kappa shape index (κ3) is 3.00. The molecule has 0 radical (unpaired) electrons. The molecule has 2 N–H and O–H groups in total. The van der Waals surface area contributed by atoms with Crippen molar-refractivity contribution < 1.29 is 9.59 Å². The van der Waals surface area contributed by atoms with Gasteiger partial charge in [0.1, 0.15) is 0 Å². The first kappa shape index (κ1) is 13.1. The van der Waals surface area contributed by atoms with Crippen LogP contribution in [0.3, 0.4) is 0 Å². The quantitative estimate of drug-likeness (QED) is 0.849. The van der Waals surface area contributed by atoms with Crippen molar-refractivity contribution in [3.05, 3.63) is 18.0 Å². The second-order valence-electron chi connectivity index (χ2n) is 5.87. The van der Waals surface area contributed by atoms with E-state index in [2.05, 4.69) is 15.7 Å². The molecule has 6 nitrogen and oxygen atoms in total. The SMILES string of the molecule is CC1NC(=O)CCC1NC(=O)c1cnn(CC2CC2)c1. The summed E-state index contributed by atoms with van der Waals surface area (Å²) in [6.45, 7) is 2.82. The fourth-order valence-electron chi connectivity index (χ4n) is 2.56. The number of piperidine rings is 1. The lowest BCUT2D eigenvalue weighted by atomic mass is 9.99. The number of rotatable bonds is 4. The zero-order valence-corrected chi connectivity index (χ0v) is 11.6. The molecule has 2 amide bonds. The van der Waals surface area contributed by atoms with Gasteiger partial charge >= 0.3 is 0 Å². The van der Waals surface area contributed by atoms with Gasteiger partial charge in [-0.2, -0.15) is 5.10 Å². The van der Waals surface area contributed by atoms with Gasteiger partial charge in [0, 0.05) is 31.2 Å². The molecule has 1 saturated carbocycles. The second kappa shape index (κ2) is 5.26. The van der Waals surface area contributed by atoms with Crippen molar-refractivity contribution in [3.63, 3.8) is 0 Å². The Kier molecular flexibility index (Phi) is 3.46. The lowest BCUT2D eigenvalue weighted by Crippen LogP contribution is -2.53. The Bertz CT molecular complexity index is 521. The first-order chi connectivity index (χ1) is 9.61. The number of nitrogens with zero attached hydrogens (tertiary/aromatic N) is 2. The third-order valence-electron chi connectivity index (χ3n) is 4.03. The molecule has 1 aliphatic heterocycles. The minimum atomic E-state index is -0.111. The standard InChI is InChI=1S/C14H20N4O2/c1-9-12(4-5-13(19)16-9)17-14(20)11-6-15-18(8-11)7-10-2-3-10/h6,8-10,12H,2-5,7H2,1H3,(H,16,19)(H,17,20). The van der Waals surface area contributed by atoms with E-state index in [1.165, 1.54) is 12.8 Å². The Hall–Kier alpha value is -1.85. The van der Waals surface area contributed by atoms with Crippen LogP contribution >= 0.6 is 0 Å². The van der Waals surface area contributed by atoms with E-state index in [0.717, 1.165) is 12.5 Å². The van der Waals surface area contributed by atoms with E-state index in [9.17, 15) is 9.59 Å². The predicted molar refractivity (Wildman–Crippen MR) is 73.0 cm³/mol. The zero-order chi connectivity index (χ0) is 14.1. The molecular formula is C14H20N4O2. The van der Waals surface area contributed by atoms with Crippen LogP contribution in [0, 0.1) is 5.92 Å². The Labute approximate surface area is 117 Å². The van der Waals surface area contributed by atoms with Crippen molar-refractivity contribution in [2.75, 3.05) is 0 Å². The molecule has 108 valence electrons. The summed E-state index contributed by atoms with van der Waals surface area (Å²) in [4.78, 5) is 23.4. The van der Waals surface area contributed by atoms with E-state index in [1.54, 1.807) is 12.4 Å². The monoisotopic (exact) mass is 276 g/mol. The molecule has 0 spiro atoms. The summed E-state index contributed by atoms with van der Waals surface area (Å²) in [6, 6.07) is -0.0336. The summed E-state index contributed by atoms with van der Waals surface area (Å²) in [5, 5.41) is 10.1. The fraction of sp³-hybridized carbons (Fsp3) is 0.643. The Morgan fingerprint density at radius 3 is 3.00 bits per heavy atom. The predicted octanol–water partition coefficient (Wildman–Crippen LogP) is 0.690. The van der Waals surface area contributed by atoms with E-state index in [0.29, 0.717) is 18.4 Å². The van der Waals surface area contributed by atoms with Crippen LogP contribution in [0.1, 0.15) is 43.0 Å². The highest BCUT2D eigenvalue weighted by molar-refractivity contribution is 5.94. The fourth-order valence-corrected chi connectivity index (χ4v) is 2.56. The van der Waals surface area contributed by atoms with E-state index < -0.39 is 0 Å². The number of aromatic nitrogens is 2. The average Bonchev–Trinajstić information content (AvgIpc) is 3.08. The van der Waals surface area contributed by atoms with Crippen LogP contribution < -0.4 is 10.6 Å². The van der Waals surface area contributed by atoms with E-state index in [1.807, 2.05) is 11.6 Å². The Morgan fingerprint density at radius 1 is 1.50 bits per heavy atom. The molecule has 3 rings (SSSR count). The molecule has 1 aliphatic carbocycles. The number of amides is 2. The van der Waals surface area contributed by atoms with Crippen LogP contribution in [-0.4, -0.2) is 33.7 Å². The van der Waals surface area contributed by atoms with Crippen molar-refractivity contribution in [2.45, 2.75) is 51.2 Å². The van der Waals surface area contributed by atoms with Crippen molar-refractivity contribution in [3.8, 4) is 0 Å². The van der Waals surface area contributed by atoms with Gasteiger partial charge in [-0.05, 0) is 32.1 Å². The number of carbonyl (C=O) groups is 2. The highest BCUT2D eigenvalue weighted by Gasteiger charge is 2.27. The molecular weight excluding hydrogens is 256 g/mol. The van der Waals surface area contributed by atoms with Gasteiger partial charge in [0.2, 0.25) is 5.91 Å². The van der Waals surface area contributed by atoms with Crippen LogP contribution in [0.25, 0.3) is 0 Å². The molecule has 1 aromatic heterocycles. The third-order valence-corrected chi connectivity index (χ3v) is 4.03. The zero-order valence-electron chi connectivity index (χ0n) is 11.6. The summed E-state index contributed by atoms with van der Waals surface area (Å²) >= 11 is 0. The molecule has 1 saturated heterocycles. The number of hydrogen-bond donors (Lipinski definition) is 2. The number of carbonyl (C=O) groups excluding carboxylic acids is 2. The molecule has 2 heterocycles. The summed E-state index contributed by atoms with van der Waals surface area (Å²) in [5.74, 6) is 0.680. The van der Waals surface area contributed by atoms with Gasteiger partial charge in [-0.3, -0.25) is 14.3 Å². The van der Waals surface area contributed by atoms with E-state index >= 15 is 0 Å². The maximum atomic E-state index is 12.2. The highest BCUT2D eigenvalue weighted by Crippen LogP contribution is 2.30. The molecule has 20 heavy (non-hydrogen) atoms. The minimum absolute atomic E-state index is 0.00742. The summed E-state index contributed by atoms with van der Waals surface area (Å²) in [6.07, 6.45) is 7.11. The molecule has 0 bridgehead atoms. The van der Waals surface area contributed by atoms with Crippen LogP contribution in [0.5, 0.6) is 0 Å². The van der Waals surface area contributed by atoms with Crippen LogP contribution in [0.4, 0.5) is 0 Å². The topological polar surface area (TPSA) is 76.0 Å². The number of nitrogens with one attached hydrogen (secondary N) is 2. The van der Waals surface area contributed by atoms with Crippen LogP contribution in [0.15, 0.2) is 12.4 Å². The maximum Gasteiger partial charge on any atom is 0.254 e. The Morgan fingerprint density at radius 2 is 2.30 bits per heavy atom. The van der Waals surface area contributed by atoms with E-state index in [4.69, 9.17) is 0 Å². The largest absolute Gasteiger partial charge is 0.352 e. The summed E-state index contributed by atoms with van der Waals surface area (Å²) in [5.41, 5.74) is 0.592. The van der Waals surface area contributed by atoms with E-state index in [-0.39, 0.29) is 23.9 Å². The average molecular weight is 276 g/mol. The van der Waals surface area contributed by atoms with Gasteiger partial charge in [0.15, 0.2) is 0 Å². The molecule has 1 aromatic rings. The molecule has 2 unspecified atom stereocenters. The van der Waals surface area contributed by atoms with Crippen molar-refractivity contribution in [2.24, 2.45) is 5.92 Å². The number of hydrogen-bond acceptors (Lipinski definition) is 3. The summed E-state index contributed by atoms with van der Waals surface area (Å²) in [7, 11) is 0. The first-order valence-electron chi connectivity index (χ1n) is 7.24. The van der Waals surface area contributed by atoms with Gasteiger partial charge in [-0.1, -0.05) is 0 Å². The molecule has 2 atom stereocenters. The minimum Gasteiger partial charge on any atom is -0.352 e. The lowest BCUT2D eigenvalue weighted by Gasteiger charge is -2.30. The van der Waals surface area contributed by atoms with Gasteiger partial charge < -0.3 is 10.6 Å². The second-order valence-corrected chi connectivity index (χ2v) is 5.87. The van der Waals surface area contributed by atoms with Crippen molar-refractivity contribution >= 4 is 11.8 Å². The van der Waals surface area contributed by atoms with Crippen molar-refractivity contribution in [1.82, 2.24) is 20.4 Å². The van der Waals surface area contributed by atoms with Gasteiger partial charge in [-0.25, -0.2) is 0 Å². The molecule has 0 aromatic carbocycles. The van der Waals surface area contributed by atoms with Gasteiger partial charge in [-0.15, -0.1) is 0 Å². The maximum absolute atomic E-state index is 12.2. The molecule has 2 fully saturated rings. The lowest BCUT2D eigenvalue weighted by molar-refractivity contribution is -0.123. The van der Waals surface area contributed by atoms with Crippen molar-refractivity contribution in [1.29, 1.82) is 0 Å². The molecule has 6 heteroatoms. The summed E-state index contributed by atoms with van der Waals surface area (Å²) < 4.78 is 1.85. The van der Waals surface area contributed by atoms with Crippen LogP contribution in [-0.2, 0) is 11.3 Å². The van der Waals surface area contributed by atoms with Crippen LogP contribution in [0.2, 0.25) is 0 Å². The smallest absolute Gasteiger partial charge is 0.254 e. The highest BCUT2D eigenvalue weighted by atomic mass is 16.2.